The van der Waals surface area contributed by atoms with Crippen LogP contribution in [0.15, 0.2) is 36.4 Å². The van der Waals surface area contributed by atoms with Gasteiger partial charge in [0.05, 0.1) is 39.9 Å². The van der Waals surface area contributed by atoms with E-state index < -0.39 is 20.2 Å². The molecule has 0 amide bonds. The number of hydrogen-bond donors (Lipinski definition) is 4. The molecular weight excluding hydrogens is 504 g/mol. The third-order valence-electron chi connectivity index (χ3n) is 3.68. The number of anilines is 2. The second kappa shape index (κ2) is 15.9. The zero-order valence-electron chi connectivity index (χ0n) is 20.1. The fourth-order valence-corrected chi connectivity index (χ4v) is 2.35. The predicted octanol–water partition coefficient (Wildman–Crippen LogP) is 2.50. The number of methoxy groups -OCH3 is 2. The first-order valence-corrected chi connectivity index (χ1v) is 13.8. The van der Waals surface area contributed by atoms with Gasteiger partial charge in [0.25, 0.3) is 20.2 Å². The van der Waals surface area contributed by atoms with Crippen LogP contribution in [0.3, 0.4) is 0 Å². The number of unbranched alkanes of at least 4 members (excludes halogenated alkanes) is 2. The lowest BCUT2D eigenvalue weighted by molar-refractivity contribution is 0.264. The lowest BCUT2D eigenvalue weighted by Gasteiger charge is -2.12. The van der Waals surface area contributed by atoms with Gasteiger partial charge in [-0.15, -0.1) is 0 Å². The number of hydrogen-bond acceptors (Lipinski definition) is 10. The summed E-state index contributed by atoms with van der Waals surface area (Å²) < 4.78 is 73.7. The molecule has 0 fully saturated rings. The Bertz CT molecular complexity index is 1000. The maximum Gasteiger partial charge on any atom is 0.261 e. The van der Waals surface area contributed by atoms with Crippen molar-refractivity contribution in [3.05, 3.63) is 36.4 Å². The van der Waals surface area contributed by atoms with Crippen molar-refractivity contribution >= 4 is 31.6 Å². The van der Waals surface area contributed by atoms with Gasteiger partial charge in [0.15, 0.2) is 23.0 Å². The van der Waals surface area contributed by atoms with Crippen molar-refractivity contribution in [2.45, 2.75) is 19.3 Å². The van der Waals surface area contributed by atoms with E-state index >= 15 is 0 Å². The van der Waals surface area contributed by atoms with Crippen LogP contribution in [0, 0.1) is 0 Å². The van der Waals surface area contributed by atoms with Gasteiger partial charge in [-0.25, -0.2) is 0 Å². The van der Waals surface area contributed by atoms with E-state index in [9.17, 15) is 16.8 Å². The highest BCUT2D eigenvalue weighted by atomic mass is 32.2. The van der Waals surface area contributed by atoms with Crippen LogP contribution in [0.1, 0.15) is 19.3 Å². The van der Waals surface area contributed by atoms with Gasteiger partial charge in [-0.2, -0.15) is 16.8 Å². The normalized spacial score (nSPS) is 10.7. The van der Waals surface area contributed by atoms with Crippen LogP contribution >= 0.6 is 0 Å². The second-order valence-corrected chi connectivity index (χ2v) is 9.98. The molecule has 6 N–H and O–H groups in total. The molecule has 0 aliphatic heterocycles. The van der Waals surface area contributed by atoms with Crippen LogP contribution in [0.4, 0.5) is 11.4 Å². The first-order valence-electron chi connectivity index (χ1n) is 10.1. The van der Waals surface area contributed by atoms with E-state index in [2.05, 4.69) is 0 Å². The second-order valence-electron chi connectivity index (χ2n) is 7.04. The molecule has 35 heavy (non-hydrogen) atoms. The van der Waals surface area contributed by atoms with Gasteiger partial charge in [-0.05, 0) is 43.5 Å². The molecule has 0 aromatic heterocycles. The Kier molecular flexibility index (Phi) is 14.5. The van der Waals surface area contributed by atoms with Gasteiger partial charge < -0.3 is 30.4 Å². The first-order chi connectivity index (χ1) is 16.1. The molecule has 0 radical (unpaired) electrons. The van der Waals surface area contributed by atoms with E-state index in [1.165, 1.54) is 0 Å². The van der Waals surface area contributed by atoms with Crippen molar-refractivity contribution in [2.24, 2.45) is 0 Å². The lowest BCUT2D eigenvalue weighted by Crippen LogP contribution is -2.03. The average Bonchev–Trinajstić information content (AvgIpc) is 2.72. The minimum Gasteiger partial charge on any atom is -0.493 e. The van der Waals surface area contributed by atoms with Crippen molar-refractivity contribution in [1.82, 2.24) is 0 Å². The molecular formula is C21H34N2O10S2. The van der Waals surface area contributed by atoms with Gasteiger partial charge in [0.2, 0.25) is 0 Å². The van der Waals surface area contributed by atoms with Gasteiger partial charge in [-0.1, -0.05) is 0 Å². The quantitative estimate of drug-likeness (QED) is 0.196. The fourth-order valence-electron chi connectivity index (χ4n) is 2.35. The average molecular weight is 539 g/mol. The van der Waals surface area contributed by atoms with Crippen LogP contribution in [0.5, 0.6) is 23.0 Å². The summed E-state index contributed by atoms with van der Waals surface area (Å²) in [6.07, 6.45) is 4.28. The van der Waals surface area contributed by atoms with Gasteiger partial charge in [-0.3, -0.25) is 9.11 Å². The molecule has 0 atom stereocenters. The highest BCUT2D eigenvalue weighted by Gasteiger charge is 2.06. The van der Waals surface area contributed by atoms with Gasteiger partial charge in [0.1, 0.15) is 0 Å². The third-order valence-corrected chi connectivity index (χ3v) is 3.68. The molecule has 0 saturated carbocycles. The largest absolute Gasteiger partial charge is 0.493 e. The molecule has 0 aliphatic carbocycles. The Morgan fingerprint density at radius 1 is 0.657 bits per heavy atom. The Balaban J connectivity index is 0.000000975. The van der Waals surface area contributed by atoms with Crippen LogP contribution in [-0.2, 0) is 20.2 Å². The molecule has 12 nitrogen and oxygen atoms in total. The first kappa shape index (κ1) is 32.1. The molecule has 0 spiro atoms. The Morgan fingerprint density at radius 2 is 0.971 bits per heavy atom. The summed E-state index contributed by atoms with van der Waals surface area (Å²) in [7, 11) is -4.13. The van der Waals surface area contributed by atoms with E-state index in [-0.39, 0.29) is 0 Å². The Hall–Kier alpha value is -2.94. The summed E-state index contributed by atoms with van der Waals surface area (Å²) in [5, 5.41) is 0. The number of nitrogen functional groups attached to an aromatic ring is 2. The summed E-state index contributed by atoms with van der Waals surface area (Å²) in [6.45, 7) is 1.23. The minimum atomic E-state index is -3.67. The van der Waals surface area contributed by atoms with E-state index in [4.69, 9.17) is 39.5 Å². The number of rotatable bonds is 10. The van der Waals surface area contributed by atoms with E-state index in [0.29, 0.717) is 60.1 Å². The molecule has 0 aliphatic rings. The zero-order valence-corrected chi connectivity index (χ0v) is 21.8. The standard InChI is InChI=1S/C19H26N2O4.2CH4O3S/c1-22-18-12-14(20)6-8-16(18)24-10-4-3-5-11-25-17-9-7-15(21)13-19(17)23-2;2*1-5(2,3)4/h6-9,12-13H,3-5,10-11,20-21H2,1-2H3;2*1H3,(H,2,3,4). The summed E-state index contributed by atoms with van der Waals surface area (Å²) in [5.74, 6) is 2.72. The summed E-state index contributed by atoms with van der Waals surface area (Å²) in [4.78, 5) is 0. The maximum atomic E-state index is 9.19. The fraction of sp³-hybridized carbons (Fsp3) is 0.429. The smallest absolute Gasteiger partial charge is 0.261 e. The van der Waals surface area contributed by atoms with Crippen molar-refractivity contribution < 1.29 is 44.9 Å². The Labute approximate surface area is 206 Å². The van der Waals surface area contributed by atoms with Crippen molar-refractivity contribution in [1.29, 1.82) is 0 Å². The van der Waals surface area contributed by atoms with Crippen molar-refractivity contribution in [3.8, 4) is 23.0 Å². The Morgan fingerprint density at radius 3 is 1.26 bits per heavy atom. The van der Waals surface area contributed by atoms with E-state index in [1.54, 1.807) is 38.5 Å². The van der Waals surface area contributed by atoms with Crippen LogP contribution < -0.4 is 30.4 Å². The molecule has 0 bridgehead atoms. The number of ether oxygens (including phenoxy) is 4. The topological polar surface area (TPSA) is 198 Å². The van der Waals surface area contributed by atoms with Crippen molar-refractivity contribution in [2.75, 3.05) is 51.4 Å². The van der Waals surface area contributed by atoms with Crippen LogP contribution in [-0.4, -0.2) is 65.9 Å². The van der Waals surface area contributed by atoms with Gasteiger partial charge >= 0.3 is 0 Å². The highest BCUT2D eigenvalue weighted by molar-refractivity contribution is 7.85. The number of nitrogens with two attached hydrogens (primary N) is 2. The predicted molar refractivity (Wildman–Crippen MR) is 135 cm³/mol. The van der Waals surface area contributed by atoms with Gasteiger partial charge in [0, 0.05) is 23.5 Å². The highest BCUT2D eigenvalue weighted by Crippen LogP contribution is 2.30. The summed E-state index contributed by atoms with van der Waals surface area (Å²) in [5.41, 5.74) is 12.8. The molecule has 2 rings (SSSR count). The van der Waals surface area contributed by atoms with Crippen LogP contribution in [0.25, 0.3) is 0 Å². The molecule has 2 aromatic rings. The molecule has 0 saturated heterocycles. The third kappa shape index (κ3) is 19.1. The molecule has 0 heterocycles. The summed E-state index contributed by atoms with van der Waals surface area (Å²) >= 11 is 0. The molecule has 2 aromatic carbocycles. The minimum absolute atomic E-state index is 0.617. The number of benzene rings is 2. The molecule has 14 heteroatoms. The van der Waals surface area contributed by atoms with E-state index in [0.717, 1.165) is 19.3 Å². The zero-order chi connectivity index (χ0) is 27.1. The monoisotopic (exact) mass is 538 g/mol. The molecule has 0 unspecified atom stereocenters. The summed E-state index contributed by atoms with van der Waals surface area (Å²) in [6, 6.07) is 10.7. The SMILES string of the molecule is COc1cc(N)ccc1OCCCCCOc1ccc(N)cc1OC.CS(=O)(=O)O.CS(=O)(=O)O. The van der Waals surface area contributed by atoms with Crippen molar-refractivity contribution in [3.63, 3.8) is 0 Å². The lowest BCUT2D eigenvalue weighted by atomic mass is 10.2. The maximum absolute atomic E-state index is 9.19. The van der Waals surface area contributed by atoms with E-state index in [1.807, 2.05) is 12.1 Å². The molecule has 200 valence electrons. The van der Waals surface area contributed by atoms with Crippen LogP contribution in [0.2, 0.25) is 0 Å².